The molecule has 0 spiro atoms. The molecule has 0 amide bonds. The Labute approximate surface area is 408 Å². The first-order valence-corrected chi connectivity index (χ1v) is 26.5. The summed E-state index contributed by atoms with van der Waals surface area (Å²) >= 11 is 0. The van der Waals surface area contributed by atoms with E-state index in [1.807, 2.05) is 30.5 Å². The number of hydrogen-bond donors (Lipinski definition) is 0. The van der Waals surface area contributed by atoms with Gasteiger partial charge in [0.05, 0.1) is 30.5 Å². The van der Waals surface area contributed by atoms with Gasteiger partial charge in [0.1, 0.15) is 5.58 Å². The van der Waals surface area contributed by atoms with E-state index in [0.29, 0.717) is 23.1 Å². The number of aromatic nitrogens is 3. The molecule has 0 aliphatic heterocycles. The van der Waals surface area contributed by atoms with E-state index < -0.39 is 21.3 Å². The average Bonchev–Trinajstić information content (AvgIpc) is 3.92. The molecule has 1 aliphatic carbocycles. The van der Waals surface area contributed by atoms with Gasteiger partial charge >= 0.3 is 0 Å². The van der Waals surface area contributed by atoms with E-state index in [-0.39, 0.29) is 31.6 Å². The largest absolute Gasteiger partial charge is 0.500 e. The molecule has 0 N–H and O–H groups in total. The predicted octanol–water partition coefficient (Wildman–Crippen LogP) is 15.8. The van der Waals surface area contributed by atoms with Crippen molar-refractivity contribution in [2.75, 3.05) is 0 Å². The van der Waals surface area contributed by atoms with Gasteiger partial charge in [-0.2, -0.15) is 0 Å². The van der Waals surface area contributed by atoms with Crippen LogP contribution in [0.2, 0.25) is 19.6 Å². The van der Waals surface area contributed by atoms with E-state index in [0.717, 1.165) is 80.8 Å². The summed E-state index contributed by atoms with van der Waals surface area (Å²) in [5.74, 6) is 1.55. The number of imidazole rings is 1. The zero-order chi connectivity index (χ0) is 48.8. The minimum atomic E-state index is -2.16. The fourth-order valence-electron chi connectivity index (χ4n) is 9.22. The van der Waals surface area contributed by atoms with Crippen molar-refractivity contribution in [1.29, 1.82) is 0 Å². The molecule has 0 unspecified atom stereocenters. The Bertz CT molecular complexity index is 3240. The number of hydrogen-bond acceptors (Lipinski definition) is 3. The van der Waals surface area contributed by atoms with Gasteiger partial charge in [-0.15, -0.1) is 59.2 Å². The molecule has 333 valence electrons. The summed E-state index contributed by atoms with van der Waals surface area (Å²) in [6.45, 7) is 13.6. The number of para-hydroxylation sites is 3. The van der Waals surface area contributed by atoms with E-state index in [1.165, 1.54) is 40.4 Å². The van der Waals surface area contributed by atoms with Crippen LogP contribution in [0.5, 0.6) is 0 Å². The van der Waals surface area contributed by atoms with Crippen LogP contribution in [-0.2, 0) is 26.5 Å². The number of benzene rings is 6. The minimum Gasteiger partial charge on any atom is -0.500 e. The second kappa shape index (κ2) is 19.6. The molecule has 3 heterocycles. The van der Waals surface area contributed by atoms with Crippen LogP contribution in [0.15, 0.2) is 138 Å². The molecule has 0 saturated heterocycles. The summed E-state index contributed by atoms with van der Waals surface area (Å²) in [6.07, 6.45) is 5.68. The van der Waals surface area contributed by atoms with Crippen molar-refractivity contribution in [3.63, 3.8) is 0 Å². The van der Waals surface area contributed by atoms with Gasteiger partial charge in [-0.3, -0.25) is 4.98 Å². The van der Waals surface area contributed by atoms with E-state index in [4.69, 9.17) is 16.3 Å². The molecule has 65 heavy (non-hydrogen) atoms. The van der Waals surface area contributed by atoms with Gasteiger partial charge in [0.25, 0.3) is 0 Å². The second-order valence-corrected chi connectivity index (χ2v) is 24.0. The minimum absolute atomic E-state index is 0. The number of furan rings is 1. The summed E-state index contributed by atoms with van der Waals surface area (Å²) in [6, 6.07) is 49.5. The first-order valence-electron chi connectivity index (χ1n) is 25.5. The Morgan fingerprint density at radius 3 is 2.12 bits per heavy atom. The number of rotatable bonds is 9. The Morgan fingerprint density at radius 2 is 1.43 bits per heavy atom. The molecule has 1 aliphatic rings. The predicted molar refractivity (Wildman–Crippen MR) is 273 cm³/mol. The Kier molecular flexibility index (Phi) is 12.0. The Hall–Kier alpha value is -5.39. The van der Waals surface area contributed by atoms with Crippen molar-refractivity contribution in [3.8, 4) is 39.5 Å². The SMILES string of the molecule is CC(C)c1cc(-c2ccccc2)cc(C(C)C)c1-n1c(-c2[c-]cc3oc4ccccc4c3c2)nc2ccccc21.[2H]C([2H])([2H])c1c[c-]c(-c2cc(C([2H])([2H])C3CCCCC3)c([Si](C)(C)C)cn2)cc1.[Ir]. The summed E-state index contributed by atoms with van der Waals surface area (Å²) in [4.78, 5) is 9.84. The molecule has 1 fully saturated rings. The van der Waals surface area contributed by atoms with Gasteiger partial charge in [-0.05, 0) is 87.6 Å². The average molecular weight is 1050 g/mol. The topological polar surface area (TPSA) is 43.9 Å². The number of nitrogens with zero attached hydrogens (tertiary/aromatic N) is 3. The van der Waals surface area contributed by atoms with Gasteiger partial charge in [0.2, 0.25) is 0 Å². The van der Waals surface area contributed by atoms with Gasteiger partial charge in [-0.1, -0.05) is 164 Å². The first-order chi connectivity index (χ1) is 32.9. The smallest absolute Gasteiger partial charge is 0.120 e. The second-order valence-electron chi connectivity index (χ2n) is 19.0. The molecule has 9 aromatic rings. The van der Waals surface area contributed by atoms with Crippen molar-refractivity contribution < 1.29 is 31.4 Å². The summed E-state index contributed by atoms with van der Waals surface area (Å²) < 4.78 is 49.1. The molecule has 10 rings (SSSR count). The van der Waals surface area contributed by atoms with E-state index in [9.17, 15) is 0 Å². The Balaban J connectivity index is 0.000000196. The van der Waals surface area contributed by atoms with E-state index in [2.05, 4.69) is 154 Å². The maximum Gasteiger partial charge on any atom is 0.120 e. The van der Waals surface area contributed by atoms with Crippen LogP contribution in [0, 0.1) is 24.9 Å². The fourth-order valence-corrected chi connectivity index (χ4v) is 10.6. The monoisotopic (exact) mass is 1050 g/mol. The van der Waals surface area contributed by atoms with Crippen molar-refractivity contribution >= 4 is 46.2 Å². The van der Waals surface area contributed by atoms with Crippen molar-refractivity contribution in [3.05, 3.63) is 168 Å². The van der Waals surface area contributed by atoms with Crippen LogP contribution in [0.1, 0.15) is 101 Å². The fraction of sp³-hybridized carbons (Fsp3) is 0.288. The molecule has 0 atom stereocenters. The third-order valence-corrected chi connectivity index (χ3v) is 14.6. The zero-order valence-corrected chi connectivity index (χ0v) is 41.9. The van der Waals surface area contributed by atoms with Crippen LogP contribution in [-0.4, -0.2) is 22.6 Å². The summed E-state index contributed by atoms with van der Waals surface area (Å²) in [5.41, 5.74) is 13.4. The standard InChI is InChI=1S/C37H31N2O.C22H30NSi.Ir/c1-23(2)29-21-27(25-12-6-5-7-13-25)22-30(24(3)4)36(29)39-33-16-10-9-15-32(33)38-37(39)26-18-19-35-31(20-26)28-14-8-11-17-34(28)40-35;1-17-10-12-19(13-11-17)21-15-20(14-18-8-6-5-7-9-18)22(16-23-21)24(2,3)4;/h5-17,19-24H,1-4H3;10-12,15-16,18H,5-9,14H2,1-4H3;/q2*-1;/i;1D3,14D2;. The molecule has 0 bridgehead atoms. The normalized spacial score (nSPS) is 14.9. The molecule has 4 nitrogen and oxygen atoms in total. The summed E-state index contributed by atoms with van der Waals surface area (Å²) in [7, 11) is -1.80. The van der Waals surface area contributed by atoms with Crippen LogP contribution in [0.4, 0.5) is 0 Å². The quantitative estimate of drug-likeness (QED) is 0.107. The maximum absolute atomic E-state index is 9.03. The number of aryl methyl sites for hydroxylation is 1. The van der Waals surface area contributed by atoms with Crippen molar-refractivity contribution in [2.24, 2.45) is 5.92 Å². The first kappa shape index (κ1) is 39.9. The van der Waals surface area contributed by atoms with Crippen LogP contribution in [0.3, 0.4) is 0 Å². The van der Waals surface area contributed by atoms with Gasteiger partial charge in [-0.25, -0.2) is 0 Å². The van der Waals surface area contributed by atoms with Gasteiger partial charge in [0.15, 0.2) is 0 Å². The molecule has 6 heteroatoms. The molecular formula is C59H61IrN3OSi-2. The molecule has 6 aromatic carbocycles. The van der Waals surface area contributed by atoms with E-state index >= 15 is 0 Å². The summed E-state index contributed by atoms with van der Waals surface area (Å²) in [5, 5.41) is 3.25. The van der Waals surface area contributed by atoms with Crippen molar-refractivity contribution in [2.45, 2.75) is 105 Å². The molecule has 1 radical (unpaired) electrons. The maximum atomic E-state index is 9.03. The van der Waals surface area contributed by atoms with Crippen LogP contribution < -0.4 is 5.19 Å². The van der Waals surface area contributed by atoms with Gasteiger partial charge < -0.3 is 14.0 Å². The van der Waals surface area contributed by atoms with Crippen molar-refractivity contribution in [1.82, 2.24) is 14.5 Å². The number of fused-ring (bicyclic) bond motifs is 4. The third kappa shape index (κ3) is 9.77. The van der Waals surface area contributed by atoms with E-state index in [1.54, 1.807) is 12.1 Å². The van der Waals surface area contributed by atoms with Crippen LogP contribution in [0.25, 0.3) is 72.4 Å². The van der Waals surface area contributed by atoms with Crippen LogP contribution >= 0.6 is 0 Å². The zero-order valence-electron chi connectivity index (χ0n) is 43.6. The Morgan fingerprint density at radius 1 is 0.738 bits per heavy atom. The van der Waals surface area contributed by atoms with Gasteiger partial charge in [0, 0.05) is 44.2 Å². The molecule has 1 saturated carbocycles. The number of pyridine rings is 1. The molecular weight excluding hydrogens is 987 g/mol. The third-order valence-electron chi connectivity index (χ3n) is 12.6. The molecule has 3 aromatic heterocycles.